The summed E-state index contributed by atoms with van der Waals surface area (Å²) in [4.78, 5) is 26.2. The van der Waals surface area contributed by atoms with Crippen LogP contribution in [0.2, 0.25) is 0 Å². The van der Waals surface area contributed by atoms with E-state index in [1.54, 1.807) is 6.20 Å². The van der Waals surface area contributed by atoms with Crippen molar-refractivity contribution in [3.63, 3.8) is 0 Å². The molecular weight excluding hydrogens is 412 g/mol. The predicted molar refractivity (Wildman–Crippen MR) is 132 cm³/mol. The minimum Gasteiger partial charge on any atom is -0.331 e. The number of rotatable bonds is 5. The van der Waals surface area contributed by atoms with E-state index in [1.807, 2.05) is 91.2 Å². The van der Waals surface area contributed by atoms with Crippen LogP contribution in [0.25, 0.3) is 21.8 Å². The van der Waals surface area contributed by atoms with Crippen LogP contribution in [-0.2, 0) is 17.9 Å². The van der Waals surface area contributed by atoms with Crippen LogP contribution in [-0.4, -0.2) is 20.3 Å². The zero-order valence-electron chi connectivity index (χ0n) is 18.6. The van der Waals surface area contributed by atoms with Crippen molar-refractivity contribution in [3.05, 3.63) is 106 Å². The monoisotopic (exact) mass is 436 g/mol. The van der Waals surface area contributed by atoms with Crippen molar-refractivity contribution < 1.29 is 4.79 Å². The number of fused-ring (bicyclic) bond motifs is 3. The largest absolute Gasteiger partial charge is 0.331 e. The minimum atomic E-state index is -0.290. The number of hydrogen-bond acceptors (Lipinski definition) is 3. The second kappa shape index (κ2) is 8.39. The summed E-state index contributed by atoms with van der Waals surface area (Å²) in [5.41, 5.74) is 5.16. The molecule has 0 radical (unpaired) electrons. The number of aryl methyl sites for hydroxylation is 2. The average molecular weight is 437 g/mol. The summed E-state index contributed by atoms with van der Waals surface area (Å²) in [6.07, 6.45) is 1.69. The molecular formula is C27H24N4O2. The summed E-state index contributed by atoms with van der Waals surface area (Å²) in [7, 11) is 0. The molecule has 0 aliphatic heterocycles. The molecule has 0 aliphatic carbocycles. The lowest BCUT2D eigenvalue weighted by atomic mass is 10.1. The van der Waals surface area contributed by atoms with E-state index >= 15 is 0 Å². The second-order valence-corrected chi connectivity index (χ2v) is 8.33. The maximum Gasteiger partial charge on any atom is 0.291 e. The molecule has 5 rings (SSSR count). The van der Waals surface area contributed by atoms with E-state index in [-0.39, 0.29) is 18.0 Å². The first-order chi connectivity index (χ1) is 16.0. The Morgan fingerprint density at radius 2 is 1.70 bits per heavy atom. The topological polar surface area (TPSA) is 68.9 Å². The minimum absolute atomic E-state index is 0.158. The highest BCUT2D eigenvalue weighted by Crippen LogP contribution is 2.27. The Balaban J connectivity index is 1.55. The maximum absolute atomic E-state index is 13.5. The summed E-state index contributed by atoms with van der Waals surface area (Å²) < 4.78 is 3.25. The molecule has 0 saturated heterocycles. The first kappa shape index (κ1) is 20.7. The maximum atomic E-state index is 13.5. The smallest absolute Gasteiger partial charge is 0.291 e. The molecule has 5 aromatic rings. The first-order valence-electron chi connectivity index (χ1n) is 10.9. The number of carbonyl (C=O) groups excluding carboxylic acids is 1. The molecule has 6 nitrogen and oxygen atoms in total. The van der Waals surface area contributed by atoms with Gasteiger partial charge in [0, 0.05) is 28.5 Å². The van der Waals surface area contributed by atoms with E-state index in [0.717, 1.165) is 38.7 Å². The third kappa shape index (κ3) is 3.91. The number of para-hydroxylation sites is 1. The average Bonchev–Trinajstić information content (AvgIpc) is 3.12. The highest BCUT2D eigenvalue weighted by molar-refractivity contribution is 6.07. The van der Waals surface area contributed by atoms with Crippen molar-refractivity contribution in [3.8, 4) is 0 Å². The molecule has 33 heavy (non-hydrogen) atoms. The zero-order valence-corrected chi connectivity index (χ0v) is 18.6. The van der Waals surface area contributed by atoms with Gasteiger partial charge in [0.05, 0.1) is 6.20 Å². The number of aromatic nitrogens is 3. The fourth-order valence-corrected chi connectivity index (χ4v) is 4.32. The fraction of sp³-hybridized carbons (Fsp3) is 0.148. The van der Waals surface area contributed by atoms with Gasteiger partial charge in [0.25, 0.3) is 5.56 Å². The molecule has 6 heteroatoms. The van der Waals surface area contributed by atoms with Gasteiger partial charge in [-0.1, -0.05) is 66.2 Å². The van der Waals surface area contributed by atoms with Crippen molar-refractivity contribution in [1.82, 2.24) is 14.3 Å². The van der Waals surface area contributed by atoms with Gasteiger partial charge in [-0.25, -0.2) is 4.68 Å². The number of benzene rings is 3. The molecule has 2 aromatic heterocycles. The molecule has 0 bridgehead atoms. The van der Waals surface area contributed by atoms with Gasteiger partial charge in [0.15, 0.2) is 0 Å². The standard InChI is InChI=1S/C27H24N4O2/c1-18-12-13-23(19(2)14-18)29-25(32)17-31-27(33)26-22(15-28-31)21-10-6-7-11-24(21)30(26)16-20-8-4-3-5-9-20/h3-15H,16-17H2,1-2H3,(H,29,32). The number of nitrogens with one attached hydrogen (secondary N) is 1. The van der Waals surface area contributed by atoms with Crippen LogP contribution < -0.4 is 10.9 Å². The number of amides is 1. The van der Waals surface area contributed by atoms with Crippen LogP contribution in [0, 0.1) is 13.8 Å². The van der Waals surface area contributed by atoms with Gasteiger partial charge in [0.1, 0.15) is 12.1 Å². The molecule has 1 N–H and O–H groups in total. The summed E-state index contributed by atoms with van der Waals surface area (Å²) >= 11 is 0. The zero-order chi connectivity index (χ0) is 22.9. The summed E-state index contributed by atoms with van der Waals surface area (Å²) in [6, 6.07) is 23.8. The van der Waals surface area contributed by atoms with E-state index in [0.29, 0.717) is 12.1 Å². The van der Waals surface area contributed by atoms with Gasteiger partial charge in [-0.05, 0) is 37.1 Å². The summed E-state index contributed by atoms with van der Waals surface area (Å²) in [6.45, 7) is 4.35. The van der Waals surface area contributed by atoms with Crippen LogP contribution in [0.15, 0.2) is 83.8 Å². The second-order valence-electron chi connectivity index (χ2n) is 8.33. The van der Waals surface area contributed by atoms with Gasteiger partial charge in [-0.2, -0.15) is 5.10 Å². The molecule has 0 aliphatic rings. The number of anilines is 1. The first-order valence-corrected chi connectivity index (χ1v) is 10.9. The van der Waals surface area contributed by atoms with Gasteiger partial charge >= 0.3 is 0 Å². The van der Waals surface area contributed by atoms with Gasteiger partial charge < -0.3 is 9.88 Å². The van der Waals surface area contributed by atoms with E-state index in [9.17, 15) is 9.59 Å². The number of carbonyl (C=O) groups is 1. The Kier molecular flexibility index (Phi) is 5.26. The van der Waals surface area contributed by atoms with Crippen LogP contribution in [0.3, 0.4) is 0 Å². The lowest BCUT2D eigenvalue weighted by molar-refractivity contribution is -0.117. The SMILES string of the molecule is Cc1ccc(NC(=O)Cn2ncc3c4ccccc4n(Cc4ccccc4)c3c2=O)c(C)c1. The quantitative estimate of drug-likeness (QED) is 0.436. The molecule has 0 saturated carbocycles. The Labute approximate surface area is 191 Å². The fourth-order valence-electron chi connectivity index (χ4n) is 4.32. The third-order valence-electron chi connectivity index (χ3n) is 5.91. The van der Waals surface area contributed by atoms with Crippen LogP contribution >= 0.6 is 0 Å². The van der Waals surface area contributed by atoms with Crippen molar-refractivity contribution in [1.29, 1.82) is 0 Å². The molecule has 0 spiro atoms. The summed E-state index contributed by atoms with van der Waals surface area (Å²) in [5.74, 6) is -0.290. The molecule has 0 fully saturated rings. The van der Waals surface area contributed by atoms with Gasteiger partial charge in [-0.15, -0.1) is 0 Å². The molecule has 164 valence electrons. The number of nitrogens with zero attached hydrogens (tertiary/aromatic N) is 3. The lowest BCUT2D eigenvalue weighted by Crippen LogP contribution is -2.30. The Morgan fingerprint density at radius 1 is 0.939 bits per heavy atom. The molecule has 0 atom stereocenters. The predicted octanol–water partition coefficient (Wildman–Crippen LogP) is 4.66. The van der Waals surface area contributed by atoms with E-state index in [4.69, 9.17) is 0 Å². The van der Waals surface area contributed by atoms with Gasteiger partial charge in [0.2, 0.25) is 5.91 Å². The highest BCUT2D eigenvalue weighted by atomic mass is 16.2. The van der Waals surface area contributed by atoms with Crippen LogP contribution in [0.1, 0.15) is 16.7 Å². The lowest BCUT2D eigenvalue weighted by Gasteiger charge is -2.11. The van der Waals surface area contributed by atoms with Crippen molar-refractivity contribution in [2.75, 3.05) is 5.32 Å². The van der Waals surface area contributed by atoms with Crippen molar-refractivity contribution in [2.45, 2.75) is 26.9 Å². The molecule has 3 aromatic carbocycles. The van der Waals surface area contributed by atoms with E-state index < -0.39 is 0 Å². The highest BCUT2D eigenvalue weighted by Gasteiger charge is 2.17. The number of hydrogen-bond donors (Lipinski definition) is 1. The van der Waals surface area contributed by atoms with E-state index in [1.165, 1.54) is 4.68 Å². The molecule has 1 amide bonds. The third-order valence-corrected chi connectivity index (χ3v) is 5.91. The Bertz CT molecular complexity index is 1550. The van der Waals surface area contributed by atoms with Crippen molar-refractivity contribution in [2.24, 2.45) is 0 Å². The van der Waals surface area contributed by atoms with Crippen molar-refractivity contribution >= 4 is 33.4 Å². The Hall–Kier alpha value is -4.19. The van der Waals surface area contributed by atoms with Gasteiger partial charge in [-0.3, -0.25) is 9.59 Å². The van der Waals surface area contributed by atoms with E-state index in [2.05, 4.69) is 10.4 Å². The normalized spacial score (nSPS) is 11.2. The summed E-state index contributed by atoms with van der Waals surface area (Å²) in [5, 5.41) is 8.98. The molecule has 0 unspecified atom stereocenters. The van der Waals surface area contributed by atoms with Crippen LogP contribution in [0.5, 0.6) is 0 Å². The Morgan fingerprint density at radius 3 is 2.48 bits per heavy atom. The molecule has 2 heterocycles. The van der Waals surface area contributed by atoms with Crippen LogP contribution in [0.4, 0.5) is 5.69 Å².